The standard InChI is InChI=1S/C20H17N3O3/c1-25-16-6-4-5-13(10-16)19-18(23-20(24)26-19)15-9-14(11-21-12-15)17-7-2-3-8-22-17/h2-12,18-19H,1H3,(H,23,24)/t18-,19-/m0/s1. The molecule has 4 rings (SSSR count). The van der Waals surface area contributed by atoms with E-state index in [4.69, 9.17) is 9.47 Å². The fourth-order valence-corrected chi connectivity index (χ4v) is 3.06. The SMILES string of the molecule is COc1cccc([C@@H]2OC(=O)N[C@H]2c2cncc(-c3ccccn3)c2)c1. The van der Waals surface area contributed by atoms with Gasteiger partial charge >= 0.3 is 6.09 Å². The fourth-order valence-electron chi connectivity index (χ4n) is 3.06. The van der Waals surface area contributed by atoms with Gasteiger partial charge in [-0.05, 0) is 41.5 Å². The molecule has 1 saturated heterocycles. The van der Waals surface area contributed by atoms with E-state index in [9.17, 15) is 4.79 Å². The Kier molecular flexibility index (Phi) is 4.23. The number of hydrogen-bond acceptors (Lipinski definition) is 5. The van der Waals surface area contributed by atoms with Crippen LogP contribution in [0.3, 0.4) is 0 Å². The van der Waals surface area contributed by atoms with Crippen LogP contribution in [0.25, 0.3) is 11.3 Å². The summed E-state index contributed by atoms with van der Waals surface area (Å²) in [6.07, 6.45) is 4.31. The van der Waals surface area contributed by atoms with Crippen molar-refractivity contribution in [2.75, 3.05) is 7.11 Å². The van der Waals surface area contributed by atoms with E-state index >= 15 is 0 Å². The highest BCUT2D eigenvalue weighted by molar-refractivity contribution is 5.71. The number of methoxy groups -OCH3 is 1. The molecule has 3 heterocycles. The molecule has 2 atom stereocenters. The molecule has 0 spiro atoms. The second kappa shape index (κ2) is 6.84. The van der Waals surface area contributed by atoms with Gasteiger partial charge in [0.1, 0.15) is 11.8 Å². The predicted octanol–water partition coefficient (Wildman–Crippen LogP) is 3.67. The topological polar surface area (TPSA) is 73.3 Å². The number of carbonyl (C=O) groups excluding carboxylic acids is 1. The van der Waals surface area contributed by atoms with E-state index in [1.54, 1.807) is 25.7 Å². The van der Waals surface area contributed by atoms with Gasteiger partial charge in [-0.15, -0.1) is 0 Å². The second-order valence-corrected chi connectivity index (χ2v) is 5.95. The fraction of sp³-hybridized carbons (Fsp3) is 0.150. The van der Waals surface area contributed by atoms with Crippen molar-refractivity contribution in [3.8, 4) is 17.0 Å². The molecule has 26 heavy (non-hydrogen) atoms. The Hall–Kier alpha value is -3.41. The van der Waals surface area contributed by atoms with Gasteiger partial charge < -0.3 is 14.8 Å². The number of aromatic nitrogens is 2. The van der Waals surface area contributed by atoms with Gasteiger partial charge in [-0.3, -0.25) is 9.97 Å². The monoisotopic (exact) mass is 347 g/mol. The summed E-state index contributed by atoms with van der Waals surface area (Å²) in [7, 11) is 1.61. The molecular weight excluding hydrogens is 330 g/mol. The van der Waals surface area contributed by atoms with Crippen molar-refractivity contribution in [1.29, 1.82) is 0 Å². The summed E-state index contributed by atoms with van der Waals surface area (Å²) in [5.74, 6) is 0.713. The molecule has 3 aromatic rings. The van der Waals surface area contributed by atoms with E-state index in [-0.39, 0.29) is 6.04 Å². The van der Waals surface area contributed by atoms with E-state index in [0.717, 1.165) is 22.4 Å². The molecule has 0 unspecified atom stereocenters. The molecule has 6 nitrogen and oxygen atoms in total. The molecule has 1 amide bonds. The summed E-state index contributed by atoms with van der Waals surface area (Å²) in [5.41, 5.74) is 3.42. The summed E-state index contributed by atoms with van der Waals surface area (Å²) in [5, 5.41) is 2.87. The molecule has 130 valence electrons. The average molecular weight is 347 g/mol. The Morgan fingerprint density at radius 2 is 2.00 bits per heavy atom. The zero-order valence-corrected chi connectivity index (χ0v) is 14.1. The summed E-state index contributed by atoms with van der Waals surface area (Å²) < 4.78 is 10.8. The molecule has 0 saturated carbocycles. The van der Waals surface area contributed by atoms with Gasteiger partial charge in [0.05, 0.1) is 12.8 Å². The van der Waals surface area contributed by atoms with E-state index in [0.29, 0.717) is 5.75 Å². The van der Waals surface area contributed by atoms with Gasteiger partial charge in [0.15, 0.2) is 6.10 Å². The summed E-state index contributed by atoms with van der Waals surface area (Å²) in [4.78, 5) is 20.6. The highest BCUT2D eigenvalue weighted by Gasteiger charge is 2.37. The lowest BCUT2D eigenvalue weighted by atomic mass is 9.96. The number of rotatable bonds is 4. The highest BCUT2D eigenvalue weighted by atomic mass is 16.6. The average Bonchev–Trinajstić information content (AvgIpc) is 3.11. The minimum Gasteiger partial charge on any atom is -0.497 e. The van der Waals surface area contributed by atoms with Crippen LogP contribution in [0.4, 0.5) is 4.79 Å². The number of hydrogen-bond donors (Lipinski definition) is 1. The third-order valence-corrected chi connectivity index (χ3v) is 4.31. The molecular formula is C20H17N3O3. The van der Waals surface area contributed by atoms with Crippen LogP contribution in [-0.2, 0) is 4.74 Å². The normalized spacial score (nSPS) is 18.9. The minimum atomic E-state index is -0.460. The van der Waals surface area contributed by atoms with Crippen LogP contribution in [-0.4, -0.2) is 23.2 Å². The minimum absolute atomic E-state index is 0.342. The van der Waals surface area contributed by atoms with Crippen LogP contribution in [0.15, 0.2) is 67.1 Å². The maximum atomic E-state index is 11.9. The molecule has 1 fully saturated rings. The molecule has 0 aliphatic carbocycles. The van der Waals surface area contributed by atoms with Crippen LogP contribution in [0.2, 0.25) is 0 Å². The van der Waals surface area contributed by atoms with Crippen molar-refractivity contribution < 1.29 is 14.3 Å². The molecule has 0 radical (unpaired) electrons. The van der Waals surface area contributed by atoms with Gasteiger partial charge in [0.25, 0.3) is 0 Å². The zero-order valence-electron chi connectivity index (χ0n) is 14.1. The Morgan fingerprint density at radius 3 is 2.81 bits per heavy atom. The molecule has 1 N–H and O–H groups in total. The van der Waals surface area contributed by atoms with Crippen molar-refractivity contribution >= 4 is 6.09 Å². The summed E-state index contributed by atoms with van der Waals surface area (Å²) in [6, 6.07) is 14.9. The molecule has 1 aliphatic rings. The van der Waals surface area contributed by atoms with E-state index in [1.807, 2.05) is 48.5 Å². The largest absolute Gasteiger partial charge is 0.497 e. The molecule has 0 bridgehead atoms. The third-order valence-electron chi connectivity index (χ3n) is 4.31. The first kappa shape index (κ1) is 16.1. The molecule has 6 heteroatoms. The first-order chi connectivity index (χ1) is 12.7. The molecule has 1 aromatic carbocycles. The van der Waals surface area contributed by atoms with Gasteiger partial charge in [0.2, 0.25) is 0 Å². The third kappa shape index (κ3) is 3.09. The maximum absolute atomic E-state index is 11.9. The number of amides is 1. The Bertz CT molecular complexity index is 930. The van der Waals surface area contributed by atoms with Gasteiger partial charge in [-0.1, -0.05) is 18.2 Å². The van der Waals surface area contributed by atoms with Crippen LogP contribution < -0.4 is 10.1 Å². The Balaban J connectivity index is 1.70. The first-order valence-electron chi connectivity index (χ1n) is 8.22. The van der Waals surface area contributed by atoms with Crippen molar-refractivity contribution in [2.45, 2.75) is 12.1 Å². The van der Waals surface area contributed by atoms with Gasteiger partial charge in [0, 0.05) is 24.2 Å². The quantitative estimate of drug-likeness (QED) is 0.779. The lowest BCUT2D eigenvalue weighted by Crippen LogP contribution is -2.19. The van der Waals surface area contributed by atoms with Crippen LogP contribution >= 0.6 is 0 Å². The van der Waals surface area contributed by atoms with E-state index < -0.39 is 12.2 Å². The smallest absolute Gasteiger partial charge is 0.408 e. The number of ether oxygens (including phenoxy) is 2. The number of alkyl carbamates (subject to hydrolysis) is 1. The lowest BCUT2D eigenvalue weighted by Gasteiger charge is -2.18. The number of cyclic esters (lactones) is 1. The number of pyridine rings is 2. The number of carbonyl (C=O) groups is 1. The van der Waals surface area contributed by atoms with Gasteiger partial charge in [-0.2, -0.15) is 0 Å². The van der Waals surface area contributed by atoms with Crippen molar-refractivity contribution in [3.63, 3.8) is 0 Å². The highest BCUT2D eigenvalue weighted by Crippen LogP contribution is 2.38. The molecule has 1 aliphatic heterocycles. The van der Waals surface area contributed by atoms with Crippen LogP contribution in [0.5, 0.6) is 5.75 Å². The maximum Gasteiger partial charge on any atom is 0.408 e. The summed E-state index contributed by atoms with van der Waals surface area (Å²) in [6.45, 7) is 0. The van der Waals surface area contributed by atoms with E-state index in [2.05, 4.69) is 15.3 Å². The number of nitrogens with zero attached hydrogens (tertiary/aromatic N) is 2. The lowest BCUT2D eigenvalue weighted by molar-refractivity contribution is 0.132. The number of nitrogens with one attached hydrogen (secondary N) is 1. The Labute approximate surface area is 150 Å². The Morgan fingerprint density at radius 1 is 1.08 bits per heavy atom. The summed E-state index contributed by atoms with van der Waals surface area (Å²) >= 11 is 0. The van der Waals surface area contributed by atoms with Gasteiger partial charge in [-0.25, -0.2) is 4.79 Å². The second-order valence-electron chi connectivity index (χ2n) is 5.95. The number of benzene rings is 1. The first-order valence-corrected chi connectivity index (χ1v) is 8.22. The predicted molar refractivity (Wildman–Crippen MR) is 95.6 cm³/mol. The van der Waals surface area contributed by atoms with Crippen LogP contribution in [0.1, 0.15) is 23.3 Å². The molecule has 2 aromatic heterocycles. The van der Waals surface area contributed by atoms with Crippen molar-refractivity contribution in [1.82, 2.24) is 15.3 Å². The van der Waals surface area contributed by atoms with Crippen LogP contribution in [0, 0.1) is 0 Å². The van der Waals surface area contributed by atoms with E-state index in [1.165, 1.54) is 0 Å². The van der Waals surface area contributed by atoms with Crippen molar-refractivity contribution in [2.24, 2.45) is 0 Å². The zero-order chi connectivity index (χ0) is 17.9. The van der Waals surface area contributed by atoms with Crippen molar-refractivity contribution in [3.05, 3.63) is 78.2 Å².